The minimum absolute atomic E-state index is 0.628. The van der Waals surface area contributed by atoms with Crippen LogP contribution in [0, 0.1) is 0 Å². The van der Waals surface area contributed by atoms with Gasteiger partial charge in [0.05, 0.1) is 33.5 Å². The van der Waals surface area contributed by atoms with Crippen molar-refractivity contribution in [1.29, 1.82) is 0 Å². The maximum absolute atomic E-state index is 5.44. The molecule has 74 heavy (non-hydrogen) atoms. The fraction of sp³-hybridized carbons (Fsp3) is 0.0143. The predicted molar refractivity (Wildman–Crippen MR) is 305 cm³/mol. The monoisotopic (exact) mass is 938 g/mol. The highest BCUT2D eigenvalue weighted by Gasteiger charge is 2.52. The molecule has 0 saturated carbocycles. The van der Waals surface area contributed by atoms with Crippen molar-refractivity contribution in [2.75, 3.05) is 0 Å². The number of nitrogens with zero attached hydrogens (tertiary/aromatic N) is 4. The summed E-state index contributed by atoms with van der Waals surface area (Å²) in [6.45, 7) is 0. The van der Waals surface area contributed by atoms with Crippen LogP contribution in [0.25, 0.3) is 127 Å². The lowest BCUT2D eigenvalue weighted by atomic mass is 9.70. The van der Waals surface area contributed by atoms with Crippen LogP contribution in [0.2, 0.25) is 0 Å². The van der Waals surface area contributed by atoms with Crippen molar-refractivity contribution >= 4 is 54.1 Å². The van der Waals surface area contributed by atoms with Crippen molar-refractivity contribution in [3.05, 3.63) is 277 Å². The van der Waals surface area contributed by atoms with Gasteiger partial charge in [-0.15, -0.1) is 0 Å². The Morgan fingerprint density at radius 2 is 0.878 bits per heavy atom. The Balaban J connectivity index is 0.987. The molecule has 16 rings (SSSR count). The molecule has 1 atom stereocenters. The largest absolute Gasteiger partial charge is 0.278 e. The van der Waals surface area contributed by atoms with Gasteiger partial charge in [-0.2, -0.15) is 0 Å². The van der Waals surface area contributed by atoms with Gasteiger partial charge in [0, 0.05) is 33.7 Å². The topological polar surface area (TPSA) is 43.6 Å². The molecule has 1 spiro atoms. The first kappa shape index (κ1) is 40.9. The van der Waals surface area contributed by atoms with Gasteiger partial charge in [0.2, 0.25) is 5.95 Å². The van der Waals surface area contributed by atoms with E-state index < -0.39 is 5.41 Å². The summed E-state index contributed by atoms with van der Waals surface area (Å²) < 4.78 is 2.30. The molecule has 342 valence electrons. The van der Waals surface area contributed by atoms with E-state index in [0.717, 1.165) is 55.6 Å². The highest BCUT2D eigenvalue weighted by atomic mass is 15.2. The predicted octanol–water partition coefficient (Wildman–Crippen LogP) is 17.4. The summed E-state index contributed by atoms with van der Waals surface area (Å²) in [5, 5.41) is 9.72. The zero-order chi connectivity index (χ0) is 48.5. The van der Waals surface area contributed by atoms with Gasteiger partial charge in [-0.05, 0) is 124 Å². The van der Waals surface area contributed by atoms with Crippen LogP contribution in [-0.4, -0.2) is 19.5 Å². The Bertz CT molecular complexity index is 4550. The second-order valence-corrected chi connectivity index (χ2v) is 19.8. The molecule has 0 amide bonds. The third kappa shape index (κ3) is 5.65. The van der Waals surface area contributed by atoms with E-state index in [4.69, 9.17) is 15.0 Å². The number of para-hydroxylation sites is 1. The van der Waals surface area contributed by atoms with Gasteiger partial charge in [0.25, 0.3) is 0 Å². The SMILES string of the molecule is c1ccc(-c2cc(-c3ccccc3)nc(-n3c4ccccc4c4cc5c(cc43)C3(c4ccccc4-5)c4cc(-c5c6ccccc6c(-c6cccc7ccccc67)c6ccccc56)ccc4-c4ncccc43)n2)cc1. The van der Waals surface area contributed by atoms with Crippen molar-refractivity contribution in [3.63, 3.8) is 0 Å². The van der Waals surface area contributed by atoms with Gasteiger partial charge in [-0.25, -0.2) is 9.97 Å². The fourth-order valence-corrected chi connectivity index (χ4v) is 13.0. The van der Waals surface area contributed by atoms with Crippen LogP contribution in [0.5, 0.6) is 0 Å². The summed E-state index contributed by atoms with van der Waals surface area (Å²) in [6, 6.07) is 90.8. The summed E-state index contributed by atoms with van der Waals surface area (Å²) >= 11 is 0. The zero-order valence-corrected chi connectivity index (χ0v) is 40.0. The number of pyridine rings is 1. The molecule has 3 aromatic heterocycles. The molecular weight excluding hydrogens is 897 g/mol. The number of rotatable bonds is 5. The van der Waals surface area contributed by atoms with Gasteiger partial charge in [0.1, 0.15) is 0 Å². The minimum atomic E-state index is -0.688. The minimum Gasteiger partial charge on any atom is -0.278 e. The highest BCUT2D eigenvalue weighted by Crippen LogP contribution is 2.64. The van der Waals surface area contributed by atoms with Gasteiger partial charge >= 0.3 is 0 Å². The Morgan fingerprint density at radius 3 is 1.61 bits per heavy atom. The van der Waals surface area contributed by atoms with Gasteiger partial charge in [0.15, 0.2) is 0 Å². The summed E-state index contributed by atoms with van der Waals surface area (Å²) in [5.74, 6) is 0.628. The Kier molecular flexibility index (Phi) is 8.63. The molecule has 2 aliphatic rings. The number of benzene rings is 11. The maximum atomic E-state index is 5.44. The molecule has 4 heteroatoms. The van der Waals surface area contributed by atoms with Crippen LogP contribution in [0.1, 0.15) is 22.3 Å². The molecule has 0 bridgehead atoms. The van der Waals surface area contributed by atoms with E-state index in [1.807, 2.05) is 6.20 Å². The van der Waals surface area contributed by atoms with Crippen LogP contribution in [-0.2, 0) is 5.41 Å². The van der Waals surface area contributed by atoms with E-state index in [1.54, 1.807) is 0 Å². The second kappa shape index (κ2) is 15.6. The van der Waals surface area contributed by atoms with Crippen LogP contribution in [0.15, 0.2) is 255 Å². The Hall–Kier alpha value is -9.77. The molecule has 14 aromatic rings. The first-order valence-electron chi connectivity index (χ1n) is 25.4. The van der Waals surface area contributed by atoms with Crippen LogP contribution in [0.4, 0.5) is 0 Å². The standard InChI is InChI=1S/C70H42N4/c1-3-20-44(21-4-1)62-42-63(45-22-5-2-6-23-45)73-69(72-62)74-64-35-16-14-27-49(64)57-40-56-48-26-13-15-33-58(48)70(61(56)41-65(57)74)59-34-18-38-71-68(59)55-37-36-46(39-60(55)70)66-51-28-9-11-30-53(51)67(54-31-12-10-29-52(54)66)50-32-17-24-43-19-7-8-25-47(43)50/h1-42H. The van der Waals surface area contributed by atoms with Crippen LogP contribution < -0.4 is 0 Å². The maximum Gasteiger partial charge on any atom is 0.235 e. The van der Waals surface area contributed by atoms with Gasteiger partial charge in [-0.3, -0.25) is 9.55 Å². The Labute approximate surface area is 427 Å². The quantitative estimate of drug-likeness (QED) is 0.162. The van der Waals surface area contributed by atoms with Crippen molar-refractivity contribution in [2.45, 2.75) is 5.41 Å². The number of aromatic nitrogens is 4. The number of hydrogen-bond acceptors (Lipinski definition) is 3. The number of fused-ring (bicyclic) bond motifs is 16. The van der Waals surface area contributed by atoms with Crippen LogP contribution in [0.3, 0.4) is 0 Å². The molecule has 0 N–H and O–H groups in total. The zero-order valence-electron chi connectivity index (χ0n) is 40.0. The fourth-order valence-electron chi connectivity index (χ4n) is 13.0. The van der Waals surface area contributed by atoms with E-state index in [0.29, 0.717) is 5.95 Å². The lowest BCUT2D eigenvalue weighted by Crippen LogP contribution is -2.26. The van der Waals surface area contributed by atoms with E-state index in [-0.39, 0.29) is 0 Å². The average Bonchev–Trinajstić information content (AvgIpc) is 4.07. The average molecular weight is 939 g/mol. The summed E-state index contributed by atoms with van der Waals surface area (Å²) in [5.41, 5.74) is 19.7. The summed E-state index contributed by atoms with van der Waals surface area (Å²) in [4.78, 5) is 16.1. The molecule has 11 aromatic carbocycles. The van der Waals surface area contributed by atoms with E-state index in [1.165, 1.54) is 88.0 Å². The van der Waals surface area contributed by atoms with Gasteiger partial charge < -0.3 is 0 Å². The Morgan fingerprint density at radius 1 is 0.311 bits per heavy atom. The van der Waals surface area contributed by atoms with Crippen LogP contribution >= 0.6 is 0 Å². The smallest absolute Gasteiger partial charge is 0.235 e. The first-order chi connectivity index (χ1) is 36.7. The molecule has 0 radical (unpaired) electrons. The molecule has 0 saturated heterocycles. The van der Waals surface area contributed by atoms with E-state index in [9.17, 15) is 0 Å². The van der Waals surface area contributed by atoms with E-state index in [2.05, 4.69) is 253 Å². The van der Waals surface area contributed by atoms with Crippen molar-refractivity contribution in [1.82, 2.24) is 19.5 Å². The van der Waals surface area contributed by atoms with Crippen molar-refractivity contribution in [2.24, 2.45) is 0 Å². The molecule has 0 aliphatic heterocycles. The third-order valence-electron chi connectivity index (χ3n) is 16.1. The normalized spacial score (nSPS) is 14.3. The molecule has 1 unspecified atom stereocenters. The molecule has 0 fully saturated rings. The third-order valence-corrected chi connectivity index (χ3v) is 16.1. The van der Waals surface area contributed by atoms with Crippen molar-refractivity contribution < 1.29 is 0 Å². The summed E-state index contributed by atoms with van der Waals surface area (Å²) in [6.07, 6.45) is 1.95. The highest BCUT2D eigenvalue weighted by molar-refractivity contribution is 6.24. The molecule has 2 aliphatic carbocycles. The number of hydrogen-bond donors (Lipinski definition) is 0. The lowest BCUT2D eigenvalue weighted by Gasteiger charge is -2.30. The second-order valence-electron chi connectivity index (χ2n) is 19.8. The molecular formula is C70H42N4. The van der Waals surface area contributed by atoms with Crippen molar-refractivity contribution in [3.8, 4) is 73.1 Å². The van der Waals surface area contributed by atoms with E-state index >= 15 is 0 Å². The lowest BCUT2D eigenvalue weighted by molar-refractivity contribution is 0.792. The molecule has 3 heterocycles. The van der Waals surface area contributed by atoms with Gasteiger partial charge in [-0.1, -0.05) is 212 Å². The first-order valence-corrected chi connectivity index (χ1v) is 25.4. The summed E-state index contributed by atoms with van der Waals surface area (Å²) in [7, 11) is 0. The molecule has 4 nitrogen and oxygen atoms in total.